The monoisotopic (exact) mass is 414 g/mol. The van der Waals surface area contributed by atoms with Crippen molar-refractivity contribution in [1.82, 2.24) is 0 Å². The summed E-state index contributed by atoms with van der Waals surface area (Å²) < 4.78 is 5.79. The van der Waals surface area contributed by atoms with E-state index in [2.05, 4.69) is 19.9 Å². The summed E-state index contributed by atoms with van der Waals surface area (Å²) in [5.41, 5.74) is 1.86. The summed E-state index contributed by atoms with van der Waals surface area (Å²) in [6.45, 7) is 6.94. The van der Waals surface area contributed by atoms with Gasteiger partial charge in [-0.05, 0) is 31.2 Å². The molecule has 164 valence electrons. The molecule has 2 aliphatic carbocycles. The van der Waals surface area contributed by atoms with Gasteiger partial charge in [0.15, 0.2) is 0 Å². The highest BCUT2D eigenvalue weighted by molar-refractivity contribution is 5.76. The van der Waals surface area contributed by atoms with Crippen molar-refractivity contribution in [3.8, 4) is 0 Å². The van der Waals surface area contributed by atoms with E-state index in [1.54, 1.807) is 0 Å². The van der Waals surface area contributed by atoms with Crippen LogP contribution >= 0.6 is 0 Å². The SMILES string of the molecule is C[C@@H]1CCC=C2C[C@H]3OC(=O)[C@@H](C[NH+](C)[C@@H](C)[C@@H](O)c4ccccc4)[C@H]3[C@@H](O)[C@@]21C. The summed E-state index contributed by atoms with van der Waals surface area (Å²) in [6.07, 6.45) is 3.68. The van der Waals surface area contributed by atoms with Gasteiger partial charge in [0.05, 0.1) is 19.7 Å². The van der Waals surface area contributed by atoms with Gasteiger partial charge in [-0.2, -0.15) is 0 Å². The van der Waals surface area contributed by atoms with Gasteiger partial charge in [0, 0.05) is 17.8 Å². The number of hydrogen-bond donors (Lipinski definition) is 3. The van der Waals surface area contributed by atoms with Crippen LogP contribution in [0.25, 0.3) is 0 Å². The molecule has 1 aromatic carbocycles. The number of esters is 1. The molecule has 1 heterocycles. The van der Waals surface area contributed by atoms with Crippen molar-refractivity contribution >= 4 is 5.97 Å². The molecule has 9 atom stereocenters. The number of nitrogens with one attached hydrogen (secondary N) is 1. The minimum absolute atomic E-state index is 0.0837. The zero-order chi connectivity index (χ0) is 21.6. The third-order valence-corrected chi connectivity index (χ3v) is 8.50. The first-order valence-electron chi connectivity index (χ1n) is 11.4. The Balaban J connectivity index is 1.52. The predicted octanol–water partition coefficient (Wildman–Crippen LogP) is 1.91. The predicted molar refractivity (Wildman–Crippen MR) is 115 cm³/mol. The number of benzene rings is 1. The topological polar surface area (TPSA) is 71.2 Å². The molecule has 0 aromatic heterocycles. The smallest absolute Gasteiger partial charge is 0.315 e. The van der Waals surface area contributed by atoms with E-state index in [4.69, 9.17) is 4.74 Å². The molecule has 1 aromatic rings. The van der Waals surface area contributed by atoms with Crippen LogP contribution in [0.2, 0.25) is 0 Å². The molecule has 0 spiro atoms. The zero-order valence-electron chi connectivity index (χ0n) is 18.5. The quantitative estimate of drug-likeness (QED) is 0.509. The number of hydrogen-bond acceptors (Lipinski definition) is 4. The Morgan fingerprint density at radius 1 is 1.30 bits per heavy atom. The van der Waals surface area contributed by atoms with Crippen LogP contribution in [0.3, 0.4) is 0 Å². The summed E-state index contributed by atoms with van der Waals surface area (Å²) in [4.78, 5) is 13.9. The Labute approximate surface area is 179 Å². The number of quaternary nitrogens is 1. The van der Waals surface area contributed by atoms with E-state index < -0.39 is 12.2 Å². The molecule has 3 aliphatic rings. The molecule has 0 bridgehead atoms. The van der Waals surface area contributed by atoms with Crippen LogP contribution < -0.4 is 4.90 Å². The number of likely N-dealkylation sites (N-methyl/N-ethyl adjacent to an activating group) is 1. The number of rotatable bonds is 5. The van der Waals surface area contributed by atoms with E-state index in [1.807, 2.05) is 44.3 Å². The van der Waals surface area contributed by atoms with Crippen LogP contribution in [0.15, 0.2) is 42.0 Å². The minimum Gasteiger partial charge on any atom is -0.461 e. The number of ether oxygens (including phenoxy) is 1. The molecular weight excluding hydrogens is 378 g/mol. The van der Waals surface area contributed by atoms with Gasteiger partial charge in [-0.1, -0.05) is 55.8 Å². The lowest BCUT2D eigenvalue weighted by atomic mass is 9.55. The summed E-state index contributed by atoms with van der Waals surface area (Å²) in [5, 5.41) is 22.3. The highest BCUT2D eigenvalue weighted by atomic mass is 16.6. The summed E-state index contributed by atoms with van der Waals surface area (Å²) in [7, 11) is 2.02. The molecule has 5 nitrogen and oxygen atoms in total. The third kappa shape index (κ3) is 3.41. The van der Waals surface area contributed by atoms with Crippen LogP contribution in [0, 0.1) is 23.2 Å². The molecule has 4 rings (SSSR count). The van der Waals surface area contributed by atoms with Crippen molar-refractivity contribution in [2.24, 2.45) is 23.2 Å². The summed E-state index contributed by atoms with van der Waals surface area (Å²) in [5.74, 6) is -0.340. The van der Waals surface area contributed by atoms with Crippen molar-refractivity contribution in [1.29, 1.82) is 0 Å². The number of allylic oxidation sites excluding steroid dienone is 1. The molecule has 5 heteroatoms. The Morgan fingerprint density at radius 3 is 2.70 bits per heavy atom. The Bertz CT molecular complexity index is 809. The number of aliphatic hydroxyl groups is 2. The van der Waals surface area contributed by atoms with E-state index in [1.165, 1.54) is 5.57 Å². The van der Waals surface area contributed by atoms with Crippen LogP contribution in [0.4, 0.5) is 0 Å². The average molecular weight is 415 g/mol. The Morgan fingerprint density at radius 2 is 2.00 bits per heavy atom. The number of carbonyl (C=O) groups is 1. The van der Waals surface area contributed by atoms with E-state index >= 15 is 0 Å². The van der Waals surface area contributed by atoms with Gasteiger partial charge >= 0.3 is 5.97 Å². The lowest BCUT2D eigenvalue weighted by Crippen LogP contribution is -3.14. The van der Waals surface area contributed by atoms with Gasteiger partial charge in [-0.25, -0.2) is 0 Å². The second-order valence-corrected chi connectivity index (χ2v) is 9.99. The van der Waals surface area contributed by atoms with Crippen LogP contribution in [-0.2, 0) is 9.53 Å². The highest BCUT2D eigenvalue weighted by Gasteiger charge is 2.60. The molecule has 3 N–H and O–H groups in total. The first-order chi connectivity index (χ1) is 14.2. The molecule has 1 saturated carbocycles. The normalized spacial score (nSPS) is 38.7. The first-order valence-corrected chi connectivity index (χ1v) is 11.4. The van der Waals surface area contributed by atoms with Crippen LogP contribution in [0.1, 0.15) is 51.7 Å². The Kier molecular flexibility index (Phi) is 5.82. The van der Waals surface area contributed by atoms with Crippen LogP contribution in [-0.4, -0.2) is 48.0 Å². The van der Waals surface area contributed by atoms with E-state index in [0.29, 0.717) is 12.5 Å². The zero-order valence-corrected chi connectivity index (χ0v) is 18.5. The van der Waals surface area contributed by atoms with Gasteiger partial charge in [0.2, 0.25) is 0 Å². The maximum atomic E-state index is 12.8. The fourth-order valence-electron chi connectivity index (χ4n) is 6.04. The minimum atomic E-state index is -0.610. The number of carbonyl (C=O) groups excluding carboxylic acids is 1. The molecule has 2 fully saturated rings. The van der Waals surface area contributed by atoms with E-state index in [9.17, 15) is 15.0 Å². The number of aliphatic hydroxyl groups excluding tert-OH is 2. The summed E-state index contributed by atoms with van der Waals surface area (Å²) in [6, 6.07) is 9.56. The van der Waals surface area contributed by atoms with Gasteiger partial charge in [0.1, 0.15) is 24.2 Å². The van der Waals surface area contributed by atoms with Gasteiger partial charge in [0.25, 0.3) is 0 Å². The van der Waals surface area contributed by atoms with Crippen LogP contribution in [0.5, 0.6) is 0 Å². The van der Waals surface area contributed by atoms with Crippen molar-refractivity contribution in [3.63, 3.8) is 0 Å². The Hall–Kier alpha value is -1.69. The van der Waals surface area contributed by atoms with Gasteiger partial charge in [-0.15, -0.1) is 0 Å². The largest absolute Gasteiger partial charge is 0.461 e. The first kappa shape index (κ1) is 21.5. The van der Waals surface area contributed by atoms with E-state index in [0.717, 1.165) is 29.7 Å². The van der Waals surface area contributed by atoms with E-state index in [-0.39, 0.29) is 35.4 Å². The number of fused-ring (bicyclic) bond motifs is 2. The second-order valence-electron chi connectivity index (χ2n) is 9.99. The van der Waals surface area contributed by atoms with Crippen molar-refractivity contribution < 1.29 is 24.6 Å². The van der Waals surface area contributed by atoms with Crippen molar-refractivity contribution in [2.75, 3.05) is 13.6 Å². The molecule has 1 unspecified atom stereocenters. The maximum Gasteiger partial charge on any atom is 0.315 e. The fraction of sp³-hybridized carbons (Fsp3) is 0.640. The lowest BCUT2D eigenvalue weighted by Gasteiger charge is -2.51. The molecule has 30 heavy (non-hydrogen) atoms. The lowest BCUT2D eigenvalue weighted by molar-refractivity contribution is -0.911. The highest BCUT2D eigenvalue weighted by Crippen LogP contribution is 2.55. The third-order valence-electron chi connectivity index (χ3n) is 8.50. The average Bonchev–Trinajstić information content (AvgIpc) is 3.05. The summed E-state index contributed by atoms with van der Waals surface area (Å²) >= 11 is 0. The molecule has 0 radical (unpaired) electrons. The molecule has 0 amide bonds. The van der Waals surface area contributed by atoms with Gasteiger partial charge in [-0.3, -0.25) is 4.79 Å². The fourth-order valence-corrected chi connectivity index (χ4v) is 6.04. The molecular formula is C25H36NO4+. The molecule has 1 saturated heterocycles. The molecule has 1 aliphatic heterocycles. The standard InChI is InChI=1S/C25H35NO4/c1-15-9-8-12-18-13-20-21(23(28)25(15,18)3)19(24(29)30-20)14-26(4)16(2)22(27)17-10-6-5-7-11-17/h5-7,10-12,15-16,19-23,27-28H,8-9,13-14H2,1-4H3/p+1/t15-,16+,19+,20-,21-,22-,23-,25-/m1/s1. The second kappa shape index (κ2) is 8.10. The van der Waals surface area contributed by atoms with Crippen molar-refractivity contribution in [2.45, 2.75) is 64.4 Å². The van der Waals surface area contributed by atoms with Crippen molar-refractivity contribution in [3.05, 3.63) is 47.5 Å². The maximum absolute atomic E-state index is 12.8. The van der Waals surface area contributed by atoms with Gasteiger partial charge < -0.3 is 19.8 Å².